The Morgan fingerprint density at radius 1 is 1.50 bits per heavy atom. The van der Waals surface area contributed by atoms with Crippen molar-refractivity contribution in [3.05, 3.63) is 29.0 Å². The number of hydrazine groups is 1. The molecule has 0 radical (unpaired) electrons. The average molecular weight is 231 g/mol. The fourth-order valence-corrected chi connectivity index (χ4v) is 0.855. The number of carbonyl (C=O) groups is 1. The third-order valence-corrected chi connectivity index (χ3v) is 1.58. The number of rotatable bonds is 1. The minimum atomic E-state index is -0.436. The molecule has 0 saturated carbocycles. The highest BCUT2D eigenvalue weighted by Crippen LogP contribution is 2.05. The molecule has 0 atom stereocenters. The number of pyridine rings is 1. The number of nitrogens with zero attached hydrogens (tertiary/aromatic N) is 1. The molecule has 0 spiro atoms. The maximum atomic E-state index is 11.3. The van der Waals surface area contributed by atoms with Gasteiger partial charge in [0.25, 0.3) is 5.91 Å². The second-order valence-corrected chi connectivity index (χ2v) is 3.18. The van der Waals surface area contributed by atoms with Crippen molar-refractivity contribution in [3.63, 3.8) is 0 Å². The predicted octanol–water partition coefficient (Wildman–Crippen LogP) is 0.213. The van der Waals surface area contributed by atoms with Gasteiger partial charge in [-0.15, -0.1) is 0 Å². The number of hydrogen-bond donors (Lipinski definition) is 3. The van der Waals surface area contributed by atoms with Gasteiger partial charge in [0, 0.05) is 6.20 Å². The van der Waals surface area contributed by atoms with Crippen molar-refractivity contribution in [3.8, 4) is 0 Å². The molecule has 0 bridgehead atoms. The molecule has 74 valence electrons. The second kappa shape index (κ2) is 4.73. The molecule has 4 N–H and O–H groups in total. The fraction of sp³-hybridized carbons (Fsp3) is 0. The third-order valence-electron chi connectivity index (χ3n) is 1.26. The van der Waals surface area contributed by atoms with Crippen molar-refractivity contribution in [2.45, 2.75) is 0 Å². The Balaban J connectivity index is 2.61. The van der Waals surface area contributed by atoms with E-state index >= 15 is 0 Å². The van der Waals surface area contributed by atoms with Crippen LogP contribution in [-0.4, -0.2) is 16.0 Å². The van der Waals surface area contributed by atoms with E-state index in [1.165, 1.54) is 12.3 Å². The summed E-state index contributed by atoms with van der Waals surface area (Å²) in [5.41, 5.74) is 9.88. The number of nitrogens with one attached hydrogen (secondary N) is 2. The Labute approximate surface area is 90.6 Å². The molecule has 1 aromatic heterocycles. The van der Waals surface area contributed by atoms with Gasteiger partial charge >= 0.3 is 0 Å². The monoisotopic (exact) mass is 230 g/mol. The molecule has 0 fully saturated rings. The molecule has 7 heteroatoms. The summed E-state index contributed by atoms with van der Waals surface area (Å²) < 4.78 is 0. The topological polar surface area (TPSA) is 80.0 Å². The lowest BCUT2D eigenvalue weighted by Crippen LogP contribution is -2.44. The maximum Gasteiger partial charge on any atom is 0.288 e. The van der Waals surface area contributed by atoms with Crippen LogP contribution in [0, 0.1) is 0 Å². The van der Waals surface area contributed by atoms with Crippen LogP contribution in [0.15, 0.2) is 18.3 Å². The van der Waals surface area contributed by atoms with E-state index in [1.54, 1.807) is 6.07 Å². The van der Waals surface area contributed by atoms with E-state index in [2.05, 4.69) is 28.1 Å². The van der Waals surface area contributed by atoms with Crippen LogP contribution in [0.3, 0.4) is 0 Å². The molecule has 5 nitrogen and oxygen atoms in total. The Bertz CT molecular complexity index is 353. The van der Waals surface area contributed by atoms with E-state index in [1.807, 2.05) is 0 Å². The molecule has 1 amide bonds. The van der Waals surface area contributed by atoms with Crippen LogP contribution >= 0.6 is 23.8 Å². The van der Waals surface area contributed by atoms with Crippen LogP contribution in [0.1, 0.15) is 10.5 Å². The normalized spacial score (nSPS) is 9.21. The highest BCUT2D eigenvalue weighted by molar-refractivity contribution is 7.80. The van der Waals surface area contributed by atoms with Gasteiger partial charge in [-0.2, -0.15) is 0 Å². The van der Waals surface area contributed by atoms with Gasteiger partial charge in [-0.1, -0.05) is 11.6 Å². The van der Waals surface area contributed by atoms with E-state index in [9.17, 15) is 4.79 Å². The fourth-order valence-electron chi connectivity index (χ4n) is 0.693. The largest absolute Gasteiger partial charge is 0.375 e. The Kier molecular flexibility index (Phi) is 3.61. The Hall–Kier alpha value is -1.40. The lowest BCUT2D eigenvalue weighted by molar-refractivity contribution is 0.0939. The lowest BCUT2D eigenvalue weighted by atomic mass is 10.3. The molecule has 0 aliphatic carbocycles. The van der Waals surface area contributed by atoms with Crippen LogP contribution in [0.4, 0.5) is 0 Å². The predicted molar refractivity (Wildman–Crippen MR) is 56.6 cm³/mol. The van der Waals surface area contributed by atoms with Crippen molar-refractivity contribution in [1.82, 2.24) is 15.8 Å². The van der Waals surface area contributed by atoms with Crippen LogP contribution < -0.4 is 16.6 Å². The zero-order valence-electron chi connectivity index (χ0n) is 6.95. The van der Waals surface area contributed by atoms with Crippen molar-refractivity contribution in [1.29, 1.82) is 0 Å². The number of amides is 1. The molecule has 1 rings (SSSR count). The summed E-state index contributed by atoms with van der Waals surface area (Å²) in [5.74, 6) is -0.436. The highest BCUT2D eigenvalue weighted by atomic mass is 35.5. The van der Waals surface area contributed by atoms with Crippen molar-refractivity contribution >= 4 is 34.8 Å². The number of aromatic nitrogens is 1. The van der Waals surface area contributed by atoms with Gasteiger partial charge < -0.3 is 5.73 Å². The second-order valence-electron chi connectivity index (χ2n) is 2.31. The van der Waals surface area contributed by atoms with Crippen molar-refractivity contribution < 1.29 is 4.79 Å². The van der Waals surface area contributed by atoms with Gasteiger partial charge in [-0.05, 0) is 24.4 Å². The SMILES string of the molecule is NC(=S)NNC(=O)c1ccc(Cl)cn1. The third kappa shape index (κ3) is 3.15. The van der Waals surface area contributed by atoms with Gasteiger partial charge in [-0.3, -0.25) is 15.6 Å². The molecule has 0 aromatic carbocycles. The van der Waals surface area contributed by atoms with Crippen molar-refractivity contribution in [2.75, 3.05) is 0 Å². The van der Waals surface area contributed by atoms with Crippen molar-refractivity contribution in [2.24, 2.45) is 5.73 Å². The summed E-state index contributed by atoms with van der Waals surface area (Å²) >= 11 is 10.1. The Morgan fingerprint density at radius 3 is 2.71 bits per heavy atom. The van der Waals surface area contributed by atoms with Gasteiger partial charge in [0.1, 0.15) is 5.69 Å². The molecule has 0 saturated heterocycles. The molecule has 14 heavy (non-hydrogen) atoms. The van der Waals surface area contributed by atoms with Crippen LogP contribution in [0.2, 0.25) is 5.02 Å². The van der Waals surface area contributed by atoms with E-state index in [0.717, 1.165) is 0 Å². The first kappa shape index (κ1) is 10.7. The summed E-state index contributed by atoms with van der Waals surface area (Å²) in [7, 11) is 0. The van der Waals surface area contributed by atoms with Crippen LogP contribution in [0.25, 0.3) is 0 Å². The first-order chi connectivity index (χ1) is 6.59. The quantitative estimate of drug-likeness (QED) is 0.475. The molecule has 1 aromatic rings. The van der Waals surface area contributed by atoms with Gasteiger partial charge in [0.05, 0.1) is 5.02 Å². The summed E-state index contributed by atoms with van der Waals surface area (Å²) in [6, 6.07) is 3.04. The average Bonchev–Trinajstić information content (AvgIpc) is 2.15. The number of hydrogen-bond acceptors (Lipinski definition) is 3. The maximum absolute atomic E-state index is 11.3. The zero-order chi connectivity index (χ0) is 10.6. The summed E-state index contributed by atoms with van der Waals surface area (Å²) in [6.45, 7) is 0. The number of halogens is 1. The minimum Gasteiger partial charge on any atom is -0.375 e. The van der Waals surface area contributed by atoms with Gasteiger partial charge in [-0.25, -0.2) is 4.98 Å². The van der Waals surface area contributed by atoms with Crippen LogP contribution in [0.5, 0.6) is 0 Å². The number of nitrogens with two attached hydrogens (primary N) is 1. The zero-order valence-corrected chi connectivity index (χ0v) is 8.52. The minimum absolute atomic E-state index is 0.0210. The van der Waals surface area contributed by atoms with Crippen LogP contribution in [-0.2, 0) is 0 Å². The van der Waals surface area contributed by atoms with E-state index in [0.29, 0.717) is 5.02 Å². The molecule has 1 heterocycles. The molecule has 0 aliphatic rings. The van der Waals surface area contributed by atoms with Gasteiger partial charge in [0.2, 0.25) is 0 Å². The highest BCUT2D eigenvalue weighted by Gasteiger charge is 2.05. The summed E-state index contributed by atoms with van der Waals surface area (Å²) in [4.78, 5) is 15.1. The lowest BCUT2D eigenvalue weighted by Gasteiger charge is -2.04. The Morgan fingerprint density at radius 2 is 2.21 bits per heavy atom. The summed E-state index contributed by atoms with van der Waals surface area (Å²) in [5, 5.41) is 0.441. The van der Waals surface area contributed by atoms with E-state index in [4.69, 9.17) is 17.3 Å². The standard InChI is InChI=1S/C7H7ClN4OS/c8-4-1-2-5(10-3-4)6(13)11-12-7(9)14/h1-3H,(H,11,13)(H3,9,12,14). The van der Waals surface area contributed by atoms with Gasteiger partial charge in [0.15, 0.2) is 5.11 Å². The first-order valence-corrected chi connectivity index (χ1v) is 4.35. The summed E-state index contributed by atoms with van der Waals surface area (Å²) in [6.07, 6.45) is 1.37. The molecular formula is C7H7ClN4OS. The number of thiocarbonyl (C=S) groups is 1. The number of carbonyl (C=O) groups excluding carboxylic acids is 1. The van der Waals surface area contributed by atoms with E-state index in [-0.39, 0.29) is 10.8 Å². The molecular weight excluding hydrogens is 224 g/mol. The molecule has 0 unspecified atom stereocenters. The molecule has 0 aliphatic heterocycles. The first-order valence-electron chi connectivity index (χ1n) is 3.57. The van der Waals surface area contributed by atoms with E-state index < -0.39 is 5.91 Å². The smallest absolute Gasteiger partial charge is 0.288 e.